The molecule has 0 atom stereocenters. The quantitative estimate of drug-likeness (QED) is 0.213. The van der Waals surface area contributed by atoms with E-state index >= 15 is 0 Å². The highest BCUT2D eigenvalue weighted by molar-refractivity contribution is 9.10. The Morgan fingerprint density at radius 1 is 0.615 bits per heavy atom. The van der Waals surface area contributed by atoms with Crippen molar-refractivity contribution in [1.29, 1.82) is 0 Å². The molecule has 1 aromatic rings. The van der Waals surface area contributed by atoms with Gasteiger partial charge in [0.25, 0.3) is 0 Å². The summed E-state index contributed by atoms with van der Waals surface area (Å²) in [6, 6.07) is 8.10. The van der Waals surface area contributed by atoms with E-state index in [4.69, 9.17) is 4.74 Å². The van der Waals surface area contributed by atoms with Crippen molar-refractivity contribution in [1.82, 2.24) is 0 Å². The van der Waals surface area contributed by atoms with E-state index in [0.717, 1.165) is 16.8 Å². The van der Waals surface area contributed by atoms with E-state index in [1.165, 1.54) is 103 Å². The summed E-state index contributed by atoms with van der Waals surface area (Å²) in [6.45, 7) is 3.13. The molecule has 0 bridgehead atoms. The Balaban J connectivity index is 1.74. The molecule has 0 radical (unpaired) electrons. The Morgan fingerprint density at radius 2 is 1.04 bits per heavy atom. The monoisotopic (exact) mass is 424 g/mol. The Hall–Kier alpha value is -0.500. The van der Waals surface area contributed by atoms with Crippen molar-refractivity contribution in [3.8, 4) is 5.75 Å². The number of para-hydroxylation sites is 1. The highest BCUT2D eigenvalue weighted by Gasteiger charge is 1.99. The average Bonchev–Trinajstić information content (AvgIpc) is 2.65. The molecule has 1 aromatic carbocycles. The Kier molecular flexibility index (Phi) is 16.2. The predicted molar refractivity (Wildman–Crippen MR) is 119 cm³/mol. The van der Waals surface area contributed by atoms with E-state index in [-0.39, 0.29) is 0 Å². The van der Waals surface area contributed by atoms with Crippen LogP contribution < -0.4 is 4.74 Å². The normalized spacial score (nSPS) is 11.0. The van der Waals surface area contributed by atoms with Crippen LogP contribution in [0.1, 0.15) is 110 Å². The molecule has 150 valence electrons. The van der Waals surface area contributed by atoms with E-state index < -0.39 is 0 Å². The lowest BCUT2D eigenvalue weighted by Crippen LogP contribution is -1.97. The molecular formula is C24H41BrO. The van der Waals surface area contributed by atoms with Gasteiger partial charge in [-0.25, -0.2) is 0 Å². The van der Waals surface area contributed by atoms with Crippen LogP contribution in [0.2, 0.25) is 0 Å². The van der Waals surface area contributed by atoms with Crippen LogP contribution in [-0.4, -0.2) is 6.61 Å². The topological polar surface area (TPSA) is 9.23 Å². The lowest BCUT2D eigenvalue weighted by atomic mass is 10.0. The number of benzene rings is 1. The molecule has 0 heterocycles. The van der Waals surface area contributed by atoms with Crippen molar-refractivity contribution in [2.24, 2.45) is 0 Å². The summed E-state index contributed by atoms with van der Waals surface area (Å²) in [5.74, 6) is 0.966. The summed E-state index contributed by atoms with van der Waals surface area (Å²) in [6.07, 6.45) is 22.5. The summed E-state index contributed by atoms with van der Waals surface area (Å²) in [7, 11) is 0. The zero-order valence-corrected chi connectivity index (χ0v) is 18.7. The fourth-order valence-electron chi connectivity index (χ4n) is 3.39. The van der Waals surface area contributed by atoms with E-state index in [2.05, 4.69) is 22.9 Å². The molecule has 0 fully saturated rings. The molecule has 0 aliphatic heterocycles. The Morgan fingerprint density at radius 3 is 1.50 bits per heavy atom. The second-order valence-corrected chi connectivity index (χ2v) is 8.44. The molecule has 0 spiro atoms. The fraction of sp³-hybridized carbons (Fsp3) is 0.750. The maximum absolute atomic E-state index is 5.81. The third-order valence-corrected chi connectivity index (χ3v) is 5.75. The number of halogens is 1. The molecule has 2 heteroatoms. The number of rotatable bonds is 18. The van der Waals surface area contributed by atoms with E-state index in [9.17, 15) is 0 Å². The van der Waals surface area contributed by atoms with Crippen molar-refractivity contribution in [3.05, 3.63) is 28.7 Å². The van der Waals surface area contributed by atoms with Gasteiger partial charge < -0.3 is 4.74 Å². The third kappa shape index (κ3) is 13.7. The van der Waals surface area contributed by atoms with Gasteiger partial charge in [0.05, 0.1) is 11.1 Å². The third-order valence-electron chi connectivity index (χ3n) is 5.09. The smallest absolute Gasteiger partial charge is 0.133 e. The van der Waals surface area contributed by atoms with Crippen molar-refractivity contribution in [3.63, 3.8) is 0 Å². The van der Waals surface area contributed by atoms with Gasteiger partial charge in [-0.05, 0) is 34.5 Å². The SMILES string of the molecule is CCCCCCCCCCCCCCCCCCOc1ccccc1Br. The summed E-state index contributed by atoms with van der Waals surface area (Å²) in [5, 5.41) is 0. The minimum Gasteiger partial charge on any atom is -0.492 e. The molecule has 0 aliphatic carbocycles. The molecule has 0 saturated heterocycles. The van der Waals surface area contributed by atoms with Crippen LogP contribution in [0.25, 0.3) is 0 Å². The van der Waals surface area contributed by atoms with Crippen molar-refractivity contribution < 1.29 is 4.74 Å². The molecule has 0 aliphatic rings. The van der Waals surface area contributed by atoms with Gasteiger partial charge in [-0.2, -0.15) is 0 Å². The summed E-state index contributed by atoms with van der Waals surface area (Å²) in [4.78, 5) is 0. The van der Waals surface area contributed by atoms with Gasteiger partial charge in [-0.15, -0.1) is 0 Å². The van der Waals surface area contributed by atoms with Crippen molar-refractivity contribution in [2.45, 2.75) is 110 Å². The number of hydrogen-bond donors (Lipinski definition) is 0. The first-order valence-corrected chi connectivity index (χ1v) is 12.0. The van der Waals surface area contributed by atoms with Crippen LogP contribution in [0.15, 0.2) is 28.7 Å². The molecule has 0 unspecified atom stereocenters. The standard InChI is InChI=1S/C24H41BrO/c1-2-3-4-5-6-7-8-9-10-11-12-13-14-15-16-19-22-26-24-21-18-17-20-23(24)25/h17-18,20-21H,2-16,19,22H2,1H3. The van der Waals surface area contributed by atoms with E-state index in [1.807, 2.05) is 24.3 Å². The first-order valence-electron chi connectivity index (χ1n) is 11.2. The second-order valence-electron chi connectivity index (χ2n) is 7.58. The zero-order valence-electron chi connectivity index (χ0n) is 17.1. The number of ether oxygens (including phenoxy) is 1. The number of unbranched alkanes of at least 4 members (excludes halogenated alkanes) is 15. The predicted octanol–water partition coefficient (Wildman–Crippen LogP) is 9.09. The fourth-order valence-corrected chi connectivity index (χ4v) is 3.79. The van der Waals surface area contributed by atoms with Gasteiger partial charge in [-0.1, -0.05) is 115 Å². The molecule has 0 aromatic heterocycles. The van der Waals surface area contributed by atoms with Crippen LogP contribution in [0, 0.1) is 0 Å². The van der Waals surface area contributed by atoms with Gasteiger partial charge in [0.2, 0.25) is 0 Å². The molecule has 1 rings (SSSR count). The maximum Gasteiger partial charge on any atom is 0.133 e. The van der Waals surface area contributed by atoms with Gasteiger partial charge in [0.1, 0.15) is 5.75 Å². The Bertz CT molecular complexity index is 418. The minimum atomic E-state index is 0.834. The van der Waals surface area contributed by atoms with Gasteiger partial charge >= 0.3 is 0 Å². The second kappa shape index (κ2) is 17.9. The molecule has 0 N–H and O–H groups in total. The number of hydrogen-bond acceptors (Lipinski definition) is 1. The molecule has 0 amide bonds. The maximum atomic E-state index is 5.81. The van der Waals surface area contributed by atoms with Crippen molar-refractivity contribution in [2.75, 3.05) is 6.61 Å². The first-order chi connectivity index (χ1) is 12.8. The summed E-state index contributed by atoms with van der Waals surface area (Å²) >= 11 is 3.52. The van der Waals surface area contributed by atoms with Gasteiger partial charge in [-0.3, -0.25) is 0 Å². The van der Waals surface area contributed by atoms with Gasteiger partial charge in [0, 0.05) is 0 Å². The first kappa shape index (κ1) is 23.5. The summed E-state index contributed by atoms with van der Waals surface area (Å²) < 4.78 is 6.86. The van der Waals surface area contributed by atoms with Gasteiger partial charge in [0.15, 0.2) is 0 Å². The van der Waals surface area contributed by atoms with E-state index in [1.54, 1.807) is 0 Å². The molecular weight excluding hydrogens is 384 g/mol. The molecule has 1 nitrogen and oxygen atoms in total. The lowest BCUT2D eigenvalue weighted by Gasteiger charge is -2.07. The largest absolute Gasteiger partial charge is 0.492 e. The highest BCUT2D eigenvalue weighted by Crippen LogP contribution is 2.24. The van der Waals surface area contributed by atoms with Crippen LogP contribution >= 0.6 is 15.9 Å². The molecule has 26 heavy (non-hydrogen) atoms. The van der Waals surface area contributed by atoms with Crippen LogP contribution in [0.3, 0.4) is 0 Å². The van der Waals surface area contributed by atoms with Crippen molar-refractivity contribution >= 4 is 15.9 Å². The zero-order chi connectivity index (χ0) is 18.7. The lowest BCUT2D eigenvalue weighted by molar-refractivity contribution is 0.302. The Labute approximate surface area is 171 Å². The van der Waals surface area contributed by atoms with Crippen LogP contribution in [-0.2, 0) is 0 Å². The molecule has 0 saturated carbocycles. The average molecular weight is 425 g/mol. The van der Waals surface area contributed by atoms with Crippen LogP contribution in [0.5, 0.6) is 5.75 Å². The summed E-state index contributed by atoms with van der Waals surface area (Å²) in [5.41, 5.74) is 0. The highest BCUT2D eigenvalue weighted by atomic mass is 79.9. The van der Waals surface area contributed by atoms with E-state index in [0.29, 0.717) is 0 Å². The minimum absolute atomic E-state index is 0.834. The van der Waals surface area contributed by atoms with Crippen LogP contribution in [0.4, 0.5) is 0 Å².